The van der Waals surface area contributed by atoms with Gasteiger partial charge in [0.2, 0.25) is 5.95 Å². The topological polar surface area (TPSA) is 145 Å². The van der Waals surface area contributed by atoms with Crippen molar-refractivity contribution in [2.24, 2.45) is 0 Å². The molecule has 0 aliphatic carbocycles. The summed E-state index contributed by atoms with van der Waals surface area (Å²) in [6.45, 7) is -0.440. The molecule has 3 atom stereocenters. The van der Waals surface area contributed by atoms with Crippen LogP contribution in [0.4, 0.5) is 11.8 Å². The SMILES string of the molecule is Nc1nc(N)c2ncn([C@@H]3O[C@H](CO)[C@@H](O)C3(Cl)Cl)c2n1. The number of aliphatic hydroxyl groups excluding tert-OH is 2. The predicted molar refractivity (Wildman–Crippen MR) is 75.6 cm³/mol. The summed E-state index contributed by atoms with van der Waals surface area (Å²) in [7, 11) is 0. The zero-order chi connectivity index (χ0) is 15.4. The first-order chi connectivity index (χ1) is 9.86. The van der Waals surface area contributed by atoms with Gasteiger partial charge in [0.1, 0.15) is 17.7 Å². The molecular weight excluding hydrogens is 323 g/mol. The number of rotatable bonds is 2. The van der Waals surface area contributed by atoms with E-state index in [1.165, 1.54) is 10.9 Å². The minimum absolute atomic E-state index is 0.0475. The van der Waals surface area contributed by atoms with Crippen LogP contribution in [0, 0.1) is 0 Å². The van der Waals surface area contributed by atoms with Crippen molar-refractivity contribution in [3.63, 3.8) is 0 Å². The standard InChI is InChI=1S/C10H12Cl2N6O3/c11-10(12)5(20)3(1-19)21-8(10)18-2-15-4-6(13)16-9(14)17-7(4)18/h2-3,5,8,19-20H,1H2,(H4,13,14,16,17)/t3-,5-,8-/m1/s1. The molecule has 3 rings (SSSR count). The summed E-state index contributed by atoms with van der Waals surface area (Å²) in [5, 5.41) is 19.2. The third-order valence-corrected chi connectivity index (χ3v) is 4.10. The number of hydrogen-bond acceptors (Lipinski definition) is 8. The van der Waals surface area contributed by atoms with E-state index in [9.17, 15) is 10.2 Å². The van der Waals surface area contributed by atoms with Crippen LogP contribution >= 0.6 is 23.2 Å². The van der Waals surface area contributed by atoms with Gasteiger partial charge in [-0.05, 0) is 0 Å². The molecule has 2 aromatic rings. The second kappa shape index (κ2) is 4.82. The van der Waals surface area contributed by atoms with E-state index < -0.39 is 29.4 Å². The van der Waals surface area contributed by atoms with Crippen LogP contribution in [0.2, 0.25) is 0 Å². The van der Waals surface area contributed by atoms with Crippen LogP contribution in [-0.2, 0) is 4.74 Å². The molecule has 21 heavy (non-hydrogen) atoms. The maximum Gasteiger partial charge on any atom is 0.224 e. The molecule has 0 aromatic carbocycles. The fourth-order valence-electron chi connectivity index (χ4n) is 2.25. The van der Waals surface area contributed by atoms with Crippen LogP contribution in [-0.4, -0.2) is 52.9 Å². The lowest BCUT2D eigenvalue weighted by molar-refractivity contribution is -0.0434. The minimum atomic E-state index is -1.70. The summed E-state index contributed by atoms with van der Waals surface area (Å²) in [5.74, 6) is 0.0528. The minimum Gasteiger partial charge on any atom is -0.394 e. The molecule has 1 fully saturated rings. The van der Waals surface area contributed by atoms with Crippen LogP contribution in [0.5, 0.6) is 0 Å². The lowest BCUT2D eigenvalue weighted by Crippen LogP contribution is -2.37. The molecule has 0 spiro atoms. The molecule has 1 aliphatic heterocycles. The Labute approximate surface area is 128 Å². The number of imidazole rings is 1. The largest absolute Gasteiger partial charge is 0.394 e. The number of fused-ring (bicyclic) bond motifs is 1. The highest BCUT2D eigenvalue weighted by Gasteiger charge is 2.55. The summed E-state index contributed by atoms with van der Waals surface area (Å²) in [6.07, 6.45) is -1.89. The van der Waals surface area contributed by atoms with Gasteiger partial charge < -0.3 is 26.4 Å². The predicted octanol–water partition coefficient (Wildman–Crippen LogP) is -0.585. The number of anilines is 2. The van der Waals surface area contributed by atoms with Crippen LogP contribution < -0.4 is 11.5 Å². The molecule has 1 aliphatic rings. The Morgan fingerprint density at radius 2 is 2.10 bits per heavy atom. The molecule has 2 aromatic heterocycles. The zero-order valence-electron chi connectivity index (χ0n) is 10.5. The Kier molecular flexibility index (Phi) is 3.34. The Morgan fingerprint density at radius 1 is 1.38 bits per heavy atom. The maximum atomic E-state index is 10.0. The molecule has 3 heterocycles. The van der Waals surface area contributed by atoms with Crippen LogP contribution in [0.1, 0.15) is 6.23 Å². The quantitative estimate of drug-likeness (QED) is 0.533. The molecule has 9 nitrogen and oxygen atoms in total. The zero-order valence-corrected chi connectivity index (χ0v) is 12.0. The summed E-state index contributed by atoms with van der Waals surface area (Å²) in [6, 6.07) is 0. The highest BCUT2D eigenvalue weighted by molar-refractivity contribution is 6.49. The fourth-order valence-corrected chi connectivity index (χ4v) is 2.84. The first-order valence-electron chi connectivity index (χ1n) is 5.94. The van der Waals surface area contributed by atoms with Crippen LogP contribution in [0.25, 0.3) is 11.2 Å². The van der Waals surface area contributed by atoms with E-state index in [1.807, 2.05) is 0 Å². The fraction of sp³-hybridized carbons (Fsp3) is 0.500. The van der Waals surface area contributed by atoms with E-state index in [4.69, 9.17) is 39.4 Å². The maximum absolute atomic E-state index is 10.0. The van der Waals surface area contributed by atoms with Crippen molar-refractivity contribution in [3.05, 3.63) is 6.33 Å². The van der Waals surface area contributed by atoms with Crippen molar-refractivity contribution in [3.8, 4) is 0 Å². The van der Waals surface area contributed by atoms with Gasteiger partial charge >= 0.3 is 0 Å². The summed E-state index contributed by atoms with van der Waals surface area (Å²) < 4.78 is 5.18. The number of ether oxygens (including phenoxy) is 1. The van der Waals surface area contributed by atoms with Gasteiger partial charge in [0, 0.05) is 0 Å². The van der Waals surface area contributed by atoms with Gasteiger partial charge in [-0.1, -0.05) is 23.2 Å². The number of nitrogens with two attached hydrogens (primary N) is 2. The van der Waals surface area contributed by atoms with Crippen molar-refractivity contribution >= 4 is 46.1 Å². The van der Waals surface area contributed by atoms with Crippen molar-refractivity contribution < 1.29 is 14.9 Å². The average molecular weight is 335 g/mol. The second-order valence-corrected chi connectivity index (χ2v) is 6.06. The van der Waals surface area contributed by atoms with Crippen LogP contribution in [0.15, 0.2) is 6.33 Å². The first kappa shape index (κ1) is 14.5. The number of alkyl halides is 2. The number of halogens is 2. The van der Waals surface area contributed by atoms with E-state index >= 15 is 0 Å². The van der Waals surface area contributed by atoms with Crippen molar-refractivity contribution in [1.82, 2.24) is 19.5 Å². The molecule has 0 bridgehead atoms. The number of nitrogen functional groups attached to an aromatic ring is 2. The van der Waals surface area contributed by atoms with Gasteiger partial charge in [-0.2, -0.15) is 9.97 Å². The molecule has 6 N–H and O–H groups in total. The molecule has 0 radical (unpaired) electrons. The van der Waals surface area contributed by atoms with Crippen LogP contribution in [0.3, 0.4) is 0 Å². The smallest absolute Gasteiger partial charge is 0.224 e. The molecule has 0 amide bonds. The second-order valence-electron chi connectivity index (χ2n) is 4.62. The molecular formula is C10H12Cl2N6O3. The summed E-state index contributed by atoms with van der Waals surface area (Å²) in [4.78, 5) is 11.9. The molecule has 11 heteroatoms. The van der Waals surface area contributed by atoms with Gasteiger partial charge in [0.25, 0.3) is 0 Å². The Hall–Kier alpha value is -1.39. The normalized spacial score (nSPS) is 28.3. The van der Waals surface area contributed by atoms with Gasteiger partial charge in [0.15, 0.2) is 22.0 Å². The average Bonchev–Trinajstić information content (AvgIpc) is 2.91. The van der Waals surface area contributed by atoms with Gasteiger partial charge in [-0.25, -0.2) is 4.98 Å². The molecule has 1 saturated heterocycles. The van der Waals surface area contributed by atoms with Crippen molar-refractivity contribution in [2.75, 3.05) is 18.1 Å². The van der Waals surface area contributed by atoms with E-state index in [0.29, 0.717) is 5.52 Å². The lowest BCUT2D eigenvalue weighted by Gasteiger charge is -2.23. The summed E-state index contributed by atoms with van der Waals surface area (Å²) in [5.41, 5.74) is 11.8. The Bertz CT molecular complexity index is 693. The lowest BCUT2D eigenvalue weighted by atomic mass is 10.2. The number of hydrogen-bond donors (Lipinski definition) is 4. The number of aromatic nitrogens is 4. The third kappa shape index (κ3) is 2.09. The van der Waals surface area contributed by atoms with E-state index in [0.717, 1.165) is 0 Å². The molecule has 114 valence electrons. The van der Waals surface area contributed by atoms with Crippen molar-refractivity contribution in [2.45, 2.75) is 22.8 Å². The molecule has 0 unspecified atom stereocenters. The number of aliphatic hydroxyl groups is 2. The van der Waals surface area contributed by atoms with Gasteiger partial charge in [-0.15, -0.1) is 0 Å². The highest BCUT2D eigenvalue weighted by atomic mass is 35.5. The van der Waals surface area contributed by atoms with Gasteiger partial charge in [-0.3, -0.25) is 4.57 Å². The van der Waals surface area contributed by atoms with E-state index in [-0.39, 0.29) is 17.4 Å². The first-order valence-corrected chi connectivity index (χ1v) is 6.69. The number of nitrogens with zero attached hydrogens (tertiary/aromatic N) is 4. The van der Waals surface area contributed by atoms with Gasteiger partial charge in [0.05, 0.1) is 12.9 Å². The molecule has 0 saturated carbocycles. The Balaban J connectivity index is 2.13. The highest BCUT2D eigenvalue weighted by Crippen LogP contribution is 2.47. The third-order valence-electron chi connectivity index (χ3n) is 3.28. The summed E-state index contributed by atoms with van der Waals surface area (Å²) >= 11 is 12.3. The Morgan fingerprint density at radius 3 is 2.71 bits per heavy atom. The monoisotopic (exact) mass is 334 g/mol. The van der Waals surface area contributed by atoms with E-state index in [2.05, 4.69) is 15.0 Å². The van der Waals surface area contributed by atoms with E-state index in [1.54, 1.807) is 0 Å². The van der Waals surface area contributed by atoms with Crippen molar-refractivity contribution in [1.29, 1.82) is 0 Å².